The fourth-order valence-electron chi connectivity index (χ4n) is 3.09. The van der Waals surface area contributed by atoms with E-state index in [0.717, 1.165) is 30.6 Å². The number of hydrogen-bond acceptors (Lipinski definition) is 3. The fourth-order valence-corrected chi connectivity index (χ4v) is 3.09. The number of nitrogens with zero attached hydrogens (tertiary/aromatic N) is 2. The number of piperidine rings is 1. The first-order valence-corrected chi connectivity index (χ1v) is 7.04. The number of hydrogen-bond donors (Lipinski definition) is 1. The standard InChI is InChI=1S/C16H21N3/c1-11-9-16(14-5-3-4-6-15(14)18-11)19-8-7-13(17)10-12(19)2/h3-6,9,12-13H,7-8,10,17H2,1-2H3. The van der Waals surface area contributed by atoms with Crippen LogP contribution < -0.4 is 10.6 Å². The average Bonchev–Trinajstić information content (AvgIpc) is 2.38. The van der Waals surface area contributed by atoms with Crippen molar-refractivity contribution in [3.63, 3.8) is 0 Å². The SMILES string of the molecule is Cc1cc(N2CCC(N)CC2C)c2ccccc2n1. The van der Waals surface area contributed by atoms with Crippen molar-refractivity contribution in [2.45, 2.75) is 38.8 Å². The fraction of sp³-hybridized carbons (Fsp3) is 0.438. The summed E-state index contributed by atoms with van der Waals surface area (Å²) in [4.78, 5) is 7.11. The molecule has 2 heterocycles. The monoisotopic (exact) mass is 255 g/mol. The maximum Gasteiger partial charge on any atom is 0.0726 e. The van der Waals surface area contributed by atoms with Crippen molar-refractivity contribution in [3.05, 3.63) is 36.0 Å². The van der Waals surface area contributed by atoms with Gasteiger partial charge in [-0.1, -0.05) is 18.2 Å². The van der Waals surface area contributed by atoms with Gasteiger partial charge in [-0.05, 0) is 38.8 Å². The summed E-state index contributed by atoms with van der Waals surface area (Å²) in [5.41, 5.74) is 9.54. The quantitative estimate of drug-likeness (QED) is 0.852. The first kappa shape index (κ1) is 12.4. The third kappa shape index (κ3) is 2.30. The molecule has 1 saturated heterocycles. The zero-order chi connectivity index (χ0) is 13.4. The molecule has 1 aliphatic rings. The molecule has 2 N–H and O–H groups in total. The van der Waals surface area contributed by atoms with Crippen LogP contribution in [0, 0.1) is 6.92 Å². The number of para-hydroxylation sites is 1. The normalized spacial score (nSPS) is 23.8. The molecule has 0 radical (unpaired) electrons. The molecule has 1 fully saturated rings. The number of aromatic nitrogens is 1. The van der Waals surface area contributed by atoms with Crippen molar-refractivity contribution in [2.75, 3.05) is 11.4 Å². The minimum atomic E-state index is 0.348. The Labute approximate surface area is 114 Å². The predicted octanol–water partition coefficient (Wildman–Crippen LogP) is 2.86. The number of aryl methyl sites for hydroxylation is 1. The maximum atomic E-state index is 6.07. The summed E-state index contributed by atoms with van der Waals surface area (Å²) in [5, 5.41) is 1.25. The zero-order valence-corrected chi connectivity index (χ0v) is 11.6. The van der Waals surface area contributed by atoms with Gasteiger partial charge in [-0.25, -0.2) is 0 Å². The minimum absolute atomic E-state index is 0.348. The van der Waals surface area contributed by atoms with Crippen LogP contribution in [0.25, 0.3) is 10.9 Å². The molecule has 0 aliphatic carbocycles. The Kier molecular flexibility index (Phi) is 3.15. The van der Waals surface area contributed by atoms with Gasteiger partial charge in [0.2, 0.25) is 0 Å². The number of anilines is 1. The summed E-state index contributed by atoms with van der Waals surface area (Å²) in [6.45, 7) is 5.37. The van der Waals surface area contributed by atoms with Gasteiger partial charge in [0.05, 0.1) is 5.52 Å². The third-order valence-corrected chi connectivity index (χ3v) is 4.05. The van der Waals surface area contributed by atoms with Gasteiger partial charge in [0.15, 0.2) is 0 Å². The Morgan fingerprint density at radius 2 is 2.11 bits per heavy atom. The Morgan fingerprint density at radius 1 is 1.32 bits per heavy atom. The third-order valence-electron chi connectivity index (χ3n) is 4.05. The second-order valence-electron chi connectivity index (χ2n) is 5.63. The zero-order valence-electron chi connectivity index (χ0n) is 11.6. The highest BCUT2D eigenvalue weighted by Crippen LogP contribution is 2.31. The molecule has 1 aromatic heterocycles. The first-order chi connectivity index (χ1) is 9.15. The van der Waals surface area contributed by atoms with Crippen LogP contribution in [0.2, 0.25) is 0 Å². The van der Waals surface area contributed by atoms with Crippen LogP contribution in [0.3, 0.4) is 0 Å². The molecule has 1 aromatic carbocycles. The van der Waals surface area contributed by atoms with Gasteiger partial charge in [-0.2, -0.15) is 0 Å². The lowest BCUT2D eigenvalue weighted by Crippen LogP contribution is -2.45. The van der Waals surface area contributed by atoms with Crippen molar-refractivity contribution in [1.82, 2.24) is 4.98 Å². The summed E-state index contributed by atoms with van der Waals surface area (Å²) in [6, 6.07) is 11.4. The number of fused-ring (bicyclic) bond motifs is 1. The molecule has 3 rings (SSSR count). The molecular formula is C16H21N3. The van der Waals surface area contributed by atoms with Crippen LogP contribution in [0.5, 0.6) is 0 Å². The molecule has 2 aromatic rings. The van der Waals surface area contributed by atoms with Gasteiger partial charge in [-0.3, -0.25) is 4.98 Å². The van der Waals surface area contributed by atoms with E-state index < -0.39 is 0 Å². The van der Waals surface area contributed by atoms with Crippen molar-refractivity contribution in [1.29, 1.82) is 0 Å². The highest BCUT2D eigenvalue weighted by atomic mass is 15.2. The summed E-state index contributed by atoms with van der Waals surface area (Å²) >= 11 is 0. The predicted molar refractivity (Wildman–Crippen MR) is 80.5 cm³/mol. The molecule has 3 heteroatoms. The molecule has 2 unspecified atom stereocenters. The van der Waals surface area contributed by atoms with E-state index in [0.29, 0.717) is 12.1 Å². The number of benzene rings is 1. The van der Waals surface area contributed by atoms with Gasteiger partial charge in [0.1, 0.15) is 0 Å². The number of pyridine rings is 1. The van der Waals surface area contributed by atoms with E-state index in [1.165, 1.54) is 11.1 Å². The van der Waals surface area contributed by atoms with E-state index in [-0.39, 0.29) is 0 Å². The van der Waals surface area contributed by atoms with Gasteiger partial charge in [0.25, 0.3) is 0 Å². The minimum Gasteiger partial charge on any atom is -0.368 e. The summed E-state index contributed by atoms with van der Waals surface area (Å²) in [5.74, 6) is 0. The highest BCUT2D eigenvalue weighted by Gasteiger charge is 2.24. The molecule has 100 valence electrons. The van der Waals surface area contributed by atoms with E-state index >= 15 is 0 Å². The van der Waals surface area contributed by atoms with E-state index in [1.807, 2.05) is 6.07 Å². The summed E-state index contributed by atoms with van der Waals surface area (Å²) in [6.07, 6.45) is 2.13. The van der Waals surface area contributed by atoms with Gasteiger partial charge in [0, 0.05) is 35.4 Å². The number of nitrogens with two attached hydrogens (primary N) is 1. The average molecular weight is 255 g/mol. The van der Waals surface area contributed by atoms with Crippen LogP contribution in [-0.4, -0.2) is 23.6 Å². The van der Waals surface area contributed by atoms with E-state index in [1.54, 1.807) is 0 Å². The molecule has 0 saturated carbocycles. The Balaban J connectivity index is 2.09. The lowest BCUT2D eigenvalue weighted by Gasteiger charge is -2.38. The van der Waals surface area contributed by atoms with Crippen molar-refractivity contribution < 1.29 is 0 Å². The summed E-state index contributed by atoms with van der Waals surface area (Å²) in [7, 11) is 0. The van der Waals surface area contributed by atoms with Gasteiger partial charge in [-0.15, -0.1) is 0 Å². The van der Waals surface area contributed by atoms with Crippen LogP contribution >= 0.6 is 0 Å². The Bertz CT molecular complexity index is 594. The van der Waals surface area contributed by atoms with Crippen LogP contribution in [0.1, 0.15) is 25.5 Å². The van der Waals surface area contributed by atoms with E-state index in [2.05, 4.69) is 48.0 Å². The lowest BCUT2D eigenvalue weighted by molar-refractivity contribution is 0.430. The molecular weight excluding hydrogens is 234 g/mol. The Morgan fingerprint density at radius 3 is 2.89 bits per heavy atom. The van der Waals surface area contributed by atoms with Gasteiger partial charge >= 0.3 is 0 Å². The highest BCUT2D eigenvalue weighted by molar-refractivity contribution is 5.92. The molecule has 3 nitrogen and oxygen atoms in total. The van der Waals surface area contributed by atoms with Crippen LogP contribution in [0.15, 0.2) is 30.3 Å². The van der Waals surface area contributed by atoms with Gasteiger partial charge < -0.3 is 10.6 Å². The first-order valence-electron chi connectivity index (χ1n) is 7.04. The second kappa shape index (κ2) is 4.82. The number of rotatable bonds is 1. The maximum absolute atomic E-state index is 6.07. The molecule has 0 bridgehead atoms. The molecule has 0 spiro atoms. The summed E-state index contributed by atoms with van der Waals surface area (Å²) < 4.78 is 0. The molecule has 1 aliphatic heterocycles. The van der Waals surface area contributed by atoms with Crippen LogP contribution in [-0.2, 0) is 0 Å². The van der Waals surface area contributed by atoms with E-state index in [4.69, 9.17) is 5.73 Å². The second-order valence-corrected chi connectivity index (χ2v) is 5.63. The topological polar surface area (TPSA) is 42.1 Å². The van der Waals surface area contributed by atoms with Crippen molar-refractivity contribution in [2.24, 2.45) is 5.73 Å². The van der Waals surface area contributed by atoms with E-state index in [9.17, 15) is 0 Å². The lowest BCUT2D eigenvalue weighted by atomic mass is 9.97. The smallest absolute Gasteiger partial charge is 0.0726 e. The Hall–Kier alpha value is -1.61. The van der Waals surface area contributed by atoms with Crippen LogP contribution in [0.4, 0.5) is 5.69 Å². The molecule has 0 amide bonds. The molecule has 2 atom stereocenters. The van der Waals surface area contributed by atoms with Crippen molar-refractivity contribution in [3.8, 4) is 0 Å². The largest absolute Gasteiger partial charge is 0.368 e. The van der Waals surface area contributed by atoms with Crippen molar-refractivity contribution >= 4 is 16.6 Å². The molecule has 19 heavy (non-hydrogen) atoms.